The van der Waals surface area contributed by atoms with Gasteiger partial charge in [-0.3, -0.25) is 0 Å². The number of rotatable bonds is 4. The molecule has 2 aliphatic carbocycles. The minimum Gasteiger partial charge on any atom is -0.212 e. The first-order valence-corrected chi connectivity index (χ1v) is 8.50. The molecule has 1 saturated carbocycles. The lowest BCUT2D eigenvalue weighted by molar-refractivity contribution is 0.561. The summed E-state index contributed by atoms with van der Waals surface area (Å²) in [6.07, 6.45) is 4.29. The maximum absolute atomic E-state index is 12.2. The molecule has 19 heavy (non-hydrogen) atoms. The molecule has 0 amide bonds. The molecule has 3 nitrogen and oxygen atoms in total. The van der Waals surface area contributed by atoms with Crippen molar-refractivity contribution in [2.24, 2.45) is 5.92 Å². The summed E-state index contributed by atoms with van der Waals surface area (Å²) < 4.78 is 26.7. The number of sulfonamides is 1. The first-order valence-electron chi connectivity index (χ1n) is 7.02. The van der Waals surface area contributed by atoms with Crippen molar-refractivity contribution >= 4 is 10.0 Å². The molecule has 0 aromatic heterocycles. The fourth-order valence-electron chi connectivity index (χ4n) is 3.00. The first kappa shape index (κ1) is 13.1. The van der Waals surface area contributed by atoms with Crippen LogP contribution >= 0.6 is 0 Å². The van der Waals surface area contributed by atoms with Crippen molar-refractivity contribution in [3.05, 3.63) is 34.9 Å². The average molecular weight is 279 g/mol. The Morgan fingerprint density at radius 1 is 1.32 bits per heavy atom. The van der Waals surface area contributed by atoms with Gasteiger partial charge in [0.2, 0.25) is 10.0 Å². The molecule has 2 aliphatic rings. The summed E-state index contributed by atoms with van der Waals surface area (Å²) in [5, 5.41) is 0. The van der Waals surface area contributed by atoms with Gasteiger partial charge in [0, 0.05) is 6.54 Å². The van der Waals surface area contributed by atoms with Crippen LogP contribution in [0.5, 0.6) is 0 Å². The van der Waals surface area contributed by atoms with Crippen molar-refractivity contribution in [2.45, 2.75) is 50.8 Å². The molecular weight excluding hydrogens is 258 g/mol. The SMILES string of the molecule is C[C@@H]1C[C@@]1(C)S(=O)(=O)NCc1ccc2c(c1)CCC2. The van der Waals surface area contributed by atoms with E-state index < -0.39 is 14.8 Å². The molecule has 104 valence electrons. The molecule has 0 spiro atoms. The third kappa shape index (κ3) is 2.21. The second-order valence-corrected chi connectivity index (χ2v) is 8.43. The van der Waals surface area contributed by atoms with E-state index in [0.717, 1.165) is 24.8 Å². The van der Waals surface area contributed by atoms with Gasteiger partial charge in [-0.2, -0.15) is 0 Å². The van der Waals surface area contributed by atoms with Crippen molar-refractivity contribution in [3.8, 4) is 0 Å². The zero-order valence-corrected chi connectivity index (χ0v) is 12.4. The van der Waals surface area contributed by atoms with Gasteiger partial charge in [0.1, 0.15) is 0 Å². The molecule has 1 N–H and O–H groups in total. The fraction of sp³-hybridized carbons (Fsp3) is 0.600. The Labute approximate surface area is 115 Å². The van der Waals surface area contributed by atoms with Crippen molar-refractivity contribution < 1.29 is 8.42 Å². The van der Waals surface area contributed by atoms with Gasteiger partial charge in [-0.25, -0.2) is 13.1 Å². The largest absolute Gasteiger partial charge is 0.217 e. The van der Waals surface area contributed by atoms with Crippen LogP contribution in [0.4, 0.5) is 0 Å². The van der Waals surface area contributed by atoms with Crippen LogP contribution in [0.1, 0.15) is 43.4 Å². The van der Waals surface area contributed by atoms with Crippen LogP contribution in [0, 0.1) is 5.92 Å². The monoisotopic (exact) mass is 279 g/mol. The Hall–Kier alpha value is -0.870. The normalized spacial score (nSPS) is 29.3. The summed E-state index contributed by atoms with van der Waals surface area (Å²) >= 11 is 0. The van der Waals surface area contributed by atoms with Gasteiger partial charge in [0.05, 0.1) is 4.75 Å². The fourth-order valence-corrected chi connectivity index (χ4v) is 4.69. The van der Waals surface area contributed by atoms with E-state index in [9.17, 15) is 8.42 Å². The van der Waals surface area contributed by atoms with E-state index in [1.807, 2.05) is 19.9 Å². The minimum atomic E-state index is -3.20. The standard InChI is InChI=1S/C15H21NO2S/c1-11-9-15(11,2)19(17,18)16-10-12-6-7-13-4-3-5-14(13)8-12/h6-8,11,16H,3-5,9-10H2,1-2H3/t11-,15-/m1/s1. The van der Waals surface area contributed by atoms with Gasteiger partial charge in [0.15, 0.2) is 0 Å². The van der Waals surface area contributed by atoms with Gasteiger partial charge in [-0.15, -0.1) is 0 Å². The zero-order chi connectivity index (χ0) is 13.7. The Bertz CT molecular complexity index is 609. The van der Waals surface area contributed by atoms with Crippen LogP contribution < -0.4 is 4.72 Å². The molecule has 2 atom stereocenters. The van der Waals surface area contributed by atoms with Gasteiger partial charge in [0.25, 0.3) is 0 Å². The molecule has 0 heterocycles. The summed E-state index contributed by atoms with van der Waals surface area (Å²) in [6.45, 7) is 4.25. The molecule has 1 aromatic carbocycles. The number of hydrogen-bond donors (Lipinski definition) is 1. The number of fused-ring (bicyclic) bond motifs is 1. The molecular formula is C15H21NO2S. The summed E-state index contributed by atoms with van der Waals surface area (Å²) in [5.41, 5.74) is 3.89. The maximum Gasteiger partial charge on any atom is 0.217 e. The molecule has 0 radical (unpaired) electrons. The van der Waals surface area contributed by atoms with Crippen LogP contribution in [0.25, 0.3) is 0 Å². The number of benzene rings is 1. The van der Waals surface area contributed by atoms with Gasteiger partial charge < -0.3 is 0 Å². The van der Waals surface area contributed by atoms with Crippen LogP contribution in [0.3, 0.4) is 0 Å². The van der Waals surface area contributed by atoms with Crippen LogP contribution in [0.2, 0.25) is 0 Å². The van der Waals surface area contributed by atoms with Gasteiger partial charge in [-0.05, 0) is 55.2 Å². The summed E-state index contributed by atoms with van der Waals surface area (Å²) in [6, 6.07) is 6.35. The molecule has 0 bridgehead atoms. The topological polar surface area (TPSA) is 46.2 Å². The van der Waals surface area contributed by atoms with Crippen molar-refractivity contribution in [2.75, 3.05) is 0 Å². The third-order valence-electron chi connectivity index (χ3n) is 4.84. The van der Waals surface area contributed by atoms with Crippen molar-refractivity contribution in [3.63, 3.8) is 0 Å². The van der Waals surface area contributed by atoms with Crippen molar-refractivity contribution in [1.29, 1.82) is 0 Å². The molecule has 3 rings (SSSR count). The molecule has 1 fully saturated rings. The van der Waals surface area contributed by atoms with E-state index in [1.165, 1.54) is 17.5 Å². The third-order valence-corrected chi connectivity index (χ3v) is 7.16. The molecule has 0 aliphatic heterocycles. The molecule has 1 aromatic rings. The smallest absolute Gasteiger partial charge is 0.212 e. The highest BCUT2D eigenvalue weighted by molar-refractivity contribution is 7.91. The maximum atomic E-state index is 12.2. The lowest BCUT2D eigenvalue weighted by Crippen LogP contribution is -2.34. The quantitative estimate of drug-likeness (QED) is 0.920. The van der Waals surface area contributed by atoms with E-state index in [0.29, 0.717) is 6.54 Å². The number of hydrogen-bond acceptors (Lipinski definition) is 2. The predicted molar refractivity (Wildman–Crippen MR) is 76.4 cm³/mol. The highest BCUT2D eigenvalue weighted by atomic mass is 32.2. The highest BCUT2D eigenvalue weighted by Gasteiger charge is 2.57. The Balaban J connectivity index is 1.70. The highest BCUT2D eigenvalue weighted by Crippen LogP contribution is 2.48. The van der Waals surface area contributed by atoms with E-state index in [2.05, 4.69) is 16.9 Å². The molecule has 0 saturated heterocycles. The molecule has 0 unspecified atom stereocenters. The van der Waals surface area contributed by atoms with E-state index >= 15 is 0 Å². The van der Waals surface area contributed by atoms with E-state index in [-0.39, 0.29) is 5.92 Å². The minimum absolute atomic E-state index is 0.269. The van der Waals surface area contributed by atoms with Crippen LogP contribution in [0.15, 0.2) is 18.2 Å². The van der Waals surface area contributed by atoms with Crippen LogP contribution in [-0.2, 0) is 29.4 Å². The Kier molecular flexibility index (Phi) is 2.98. The number of nitrogens with one attached hydrogen (secondary N) is 1. The predicted octanol–water partition coefficient (Wildman–Crippen LogP) is 2.39. The van der Waals surface area contributed by atoms with Crippen LogP contribution in [-0.4, -0.2) is 13.2 Å². The van der Waals surface area contributed by atoms with Gasteiger partial charge in [-0.1, -0.05) is 25.1 Å². The summed E-state index contributed by atoms with van der Waals surface area (Å²) in [7, 11) is -3.20. The van der Waals surface area contributed by atoms with Crippen molar-refractivity contribution in [1.82, 2.24) is 4.72 Å². The Morgan fingerprint density at radius 3 is 2.68 bits per heavy atom. The van der Waals surface area contributed by atoms with Gasteiger partial charge >= 0.3 is 0 Å². The zero-order valence-electron chi connectivity index (χ0n) is 11.6. The Morgan fingerprint density at radius 2 is 2.00 bits per heavy atom. The first-order chi connectivity index (χ1) is 8.92. The summed E-state index contributed by atoms with van der Waals surface area (Å²) in [4.78, 5) is 0. The molecule has 4 heteroatoms. The lowest BCUT2D eigenvalue weighted by atomic mass is 10.1. The van der Waals surface area contributed by atoms with E-state index in [4.69, 9.17) is 0 Å². The number of aryl methyl sites for hydroxylation is 2. The second kappa shape index (κ2) is 4.32. The lowest BCUT2D eigenvalue weighted by Gasteiger charge is -2.13. The second-order valence-electron chi connectivity index (χ2n) is 6.20. The average Bonchev–Trinajstić information content (AvgIpc) is 2.81. The summed E-state index contributed by atoms with van der Waals surface area (Å²) in [5.74, 6) is 0.269. The van der Waals surface area contributed by atoms with E-state index in [1.54, 1.807) is 0 Å².